The number of fused-ring (bicyclic) bond motifs is 2. The van der Waals surface area contributed by atoms with Crippen molar-refractivity contribution < 1.29 is 9.21 Å². The van der Waals surface area contributed by atoms with E-state index < -0.39 is 0 Å². The maximum Gasteiger partial charge on any atom is 0.290 e. The quantitative estimate of drug-likeness (QED) is 0.684. The van der Waals surface area contributed by atoms with E-state index in [0.29, 0.717) is 12.3 Å². The molecule has 1 aromatic carbocycles. The number of hydrogen-bond donors (Lipinski definition) is 0. The Balaban J connectivity index is 1.69. The van der Waals surface area contributed by atoms with E-state index >= 15 is 0 Å². The molecule has 2 aromatic heterocycles. The van der Waals surface area contributed by atoms with Crippen LogP contribution < -0.4 is 0 Å². The third-order valence-corrected chi connectivity index (χ3v) is 4.24. The topological polar surface area (TPSA) is 38.4 Å². The number of nitrogens with zero attached hydrogens (tertiary/aromatic N) is 2. The molecule has 0 radical (unpaired) electrons. The van der Waals surface area contributed by atoms with Gasteiger partial charge in [0.05, 0.1) is 6.04 Å². The minimum absolute atomic E-state index is 0.0360. The first kappa shape index (κ1) is 12.3. The number of aromatic nitrogens is 1. The third kappa shape index (κ3) is 1.87. The van der Waals surface area contributed by atoms with Gasteiger partial charge >= 0.3 is 0 Å². The molecular formula is C17H16N2O2. The van der Waals surface area contributed by atoms with Crippen molar-refractivity contribution in [3.05, 3.63) is 60.1 Å². The van der Waals surface area contributed by atoms with Gasteiger partial charge in [-0.3, -0.25) is 4.79 Å². The number of rotatable bonds is 1. The predicted octanol–water partition coefficient (Wildman–Crippen LogP) is 3.45. The molecule has 0 bridgehead atoms. The lowest BCUT2D eigenvalue weighted by Crippen LogP contribution is -2.40. The monoisotopic (exact) mass is 280 g/mol. The van der Waals surface area contributed by atoms with Crippen LogP contribution in [0.5, 0.6) is 0 Å². The summed E-state index contributed by atoms with van der Waals surface area (Å²) in [5.41, 5.74) is 1.93. The molecule has 1 aliphatic heterocycles. The number of carbonyl (C=O) groups excluding carboxylic acids is 1. The lowest BCUT2D eigenvalue weighted by Gasteiger charge is -2.34. The summed E-state index contributed by atoms with van der Waals surface area (Å²) in [6, 6.07) is 13.7. The maximum atomic E-state index is 12.7. The first-order valence-corrected chi connectivity index (χ1v) is 7.18. The average Bonchev–Trinajstić information content (AvgIpc) is 3.13. The number of benzene rings is 1. The Bertz CT molecular complexity index is 782. The van der Waals surface area contributed by atoms with Crippen molar-refractivity contribution in [3.8, 4) is 0 Å². The van der Waals surface area contributed by atoms with Gasteiger partial charge in [0.15, 0.2) is 5.76 Å². The number of para-hydroxylation sites is 1. The van der Waals surface area contributed by atoms with Crippen LogP contribution >= 0.6 is 0 Å². The van der Waals surface area contributed by atoms with E-state index in [1.807, 2.05) is 41.3 Å². The molecule has 21 heavy (non-hydrogen) atoms. The van der Waals surface area contributed by atoms with Crippen LogP contribution in [0.15, 0.2) is 53.1 Å². The molecule has 1 aliphatic rings. The summed E-state index contributed by atoms with van der Waals surface area (Å²) >= 11 is 0. The second-order valence-electron chi connectivity index (χ2n) is 5.45. The first-order valence-electron chi connectivity index (χ1n) is 7.18. The molecule has 0 spiro atoms. The van der Waals surface area contributed by atoms with Gasteiger partial charge in [0.1, 0.15) is 5.58 Å². The van der Waals surface area contributed by atoms with Crippen LogP contribution in [-0.2, 0) is 6.54 Å². The fraction of sp³-hybridized carbons (Fsp3) is 0.235. The van der Waals surface area contributed by atoms with Gasteiger partial charge < -0.3 is 13.9 Å². The summed E-state index contributed by atoms with van der Waals surface area (Å²) in [6.07, 6.45) is 2.06. The molecule has 4 heteroatoms. The summed E-state index contributed by atoms with van der Waals surface area (Å²) in [6.45, 7) is 3.60. The Labute approximate surface area is 122 Å². The fourth-order valence-corrected chi connectivity index (χ4v) is 3.09. The van der Waals surface area contributed by atoms with Crippen LogP contribution in [0.1, 0.15) is 29.2 Å². The molecule has 4 rings (SSSR count). The average molecular weight is 280 g/mol. The molecule has 3 aromatic rings. The zero-order chi connectivity index (χ0) is 14.4. The standard InChI is InChI=1S/C17H16N2O2/c1-12-14-6-4-8-18(14)9-10-19(12)17(20)16-11-13-5-2-3-7-15(13)21-16/h2-8,11-12H,9-10H2,1H3. The zero-order valence-electron chi connectivity index (χ0n) is 11.8. The van der Waals surface area contributed by atoms with Gasteiger partial charge in [0, 0.05) is 30.4 Å². The summed E-state index contributed by atoms with van der Waals surface area (Å²) in [7, 11) is 0. The van der Waals surface area contributed by atoms with E-state index in [1.165, 1.54) is 5.69 Å². The van der Waals surface area contributed by atoms with Gasteiger partial charge in [0.25, 0.3) is 5.91 Å². The molecule has 1 atom stereocenters. The van der Waals surface area contributed by atoms with Gasteiger partial charge in [-0.05, 0) is 31.2 Å². The smallest absolute Gasteiger partial charge is 0.290 e. The van der Waals surface area contributed by atoms with Gasteiger partial charge in [-0.25, -0.2) is 0 Å². The Hall–Kier alpha value is -2.49. The summed E-state index contributed by atoms with van der Waals surface area (Å²) in [5, 5.41) is 0.967. The molecule has 0 saturated carbocycles. The van der Waals surface area contributed by atoms with Crippen LogP contribution in [0, 0.1) is 0 Å². The molecule has 3 heterocycles. The van der Waals surface area contributed by atoms with E-state index in [-0.39, 0.29) is 11.9 Å². The summed E-state index contributed by atoms with van der Waals surface area (Å²) in [4.78, 5) is 14.6. The highest BCUT2D eigenvalue weighted by Crippen LogP contribution is 2.28. The van der Waals surface area contributed by atoms with Crippen molar-refractivity contribution in [2.45, 2.75) is 19.5 Å². The Morgan fingerprint density at radius 3 is 2.90 bits per heavy atom. The SMILES string of the molecule is CC1c2cccn2CCN1C(=O)c1cc2ccccc2o1. The maximum absolute atomic E-state index is 12.7. The van der Waals surface area contributed by atoms with E-state index in [1.54, 1.807) is 0 Å². The second-order valence-corrected chi connectivity index (χ2v) is 5.45. The number of amides is 1. The van der Waals surface area contributed by atoms with Crippen molar-refractivity contribution in [1.82, 2.24) is 9.47 Å². The Morgan fingerprint density at radius 2 is 2.05 bits per heavy atom. The van der Waals surface area contributed by atoms with Gasteiger partial charge in [-0.1, -0.05) is 18.2 Å². The van der Waals surface area contributed by atoms with Crippen molar-refractivity contribution in [3.63, 3.8) is 0 Å². The van der Waals surface area contributed by atoms with Crippen LogP contribution in [0.2, 0.25) is 0 Å². The van der Waals surface area contributed by atoms with E-state index in [4.69, 9.17) is 4.42 Å². The molecule has 4 nitrogen and oxygen atoms in total. The third-order valence-electron chi connectivity index (χ3n) is 4.24. The molecule has 1 unspecified atom stereocenters. The van der Waals surface area contributed by atoms with Gasteiger partial charge in [-0.2, -0.15) is 0 Å². The van der Waals surface area contributed by atoms with Crippen LogP contribution in [0.4, 0.5) is 0 Å². The first-order chi connectivity index (χ1) is 10.2. The van der Waals surface area contributed by atoms with Crippen LogP contribution in [-0.4, -0.2) is 21.9 Å². The molecular weight excluding hydrogens is 264 g/mol. The fourth-order valence-electron chi connectivity index (χ4n) is 3.09. The van der Waals surface area contributed by atoms with Crippen LogP contribution in [0.3, 0.4) is 0 Å². The summed E-state index contributed by atoms with van der Waals surface area (Å²) < 4.78 is 7.90. The van der Waals surface area contributed by atoms with Crippen LogP contribution in [0.25, 0.3) is 11.0 Å². The number of furan rings is 1. The molecule has 0 N–H and O–H groups in total. The predicted molar refractivity (Wildman–Crippen MR) is 80.1 cm³/mol. The zero-order valence-corrected chi connectivity index (χ0v) is 11.8. The minimum atomic E-state index is -0.0360. The Morgan fingerprint density at radius 1 is 1.19 bits per heavy atom. The largest absolute Gasteiger partial charge is 0.451 e. The van der Waals surface area contributed by atoms with E-state index in [9.17, 15) is 4.79 Å². The van der Waals surface area contributed by atoms with Crippen molar-refractivity contribution in [1.29, 1.82) is 0 Å². The van der Waals surface area contributed by atoms with Crippen molar-refractivity contribution >= 4 is 16.9 Å². The normalized spacial score (nSPS) is 18.0. The molecule has 106 valence electrons. The lowest BCUT2D eigenvalue weighted by atomic mass is 10.1. The molecule has 0 fully saturated rings. The molecule has 0 saturated heterocycles. The van der Waals surface area contributed by atoms with Gasteiger partial charge in [0.2, 0.25) is 0 Å². The lowest BCUT2D eigenvalue weighted by molar-refractivity contribution is 0.0613. The number of carbonyl (C=O) groups is 1. The molecule has 1 amide bonds. The van der Waals surface area contributed by atoms with Crippen molar-refractivity contribution in [2.24, 2.45) is 0 Å². The van der Waals surface area contributed by atoms with Gasteiger partial charge in [-0.15, -0.1) is 0 Å². The van der Waals surface area contributed by atoms with E-state index in [0.717, 1.165) is 17.5 Å². The highest BCUT2D eigenvalue weighted by molar-refractivity contribution is 5.96. The minimum Gasteiger partial charge on any atom is -0.451 e. The highest BCUT2D eigenvalue weighted by atomic mass is 16.3. The second kappa shape index (κ2) is 4.52. The highest BCUT2D eigenvalue weighted by Gasteiger charge is 2.29. The molecule has 0 aliphatic carbocycles. The van der Waals surface area contributed by atoms with Crippen molar-refractivity contribution in [2.75, 3.05) is 6.54 Å². The number of hydrogen-bond acceptors (Lipinski definition) is 2. The van der Waals surface area contributed by atoms with E-state index in [2.05, 4.69) is 23.8 Å². The summed E-state index contributed by atoms with van der Waals surface area (Å²) in [5.74, 6) is 0.384. The Kier molecular flexibility index (Phi) is 2.64.